The van der Waals surface area contributed by atoms with Gasteiger partial charge in [-0.1, -0.05) is 18.2 Å². The van der Waals surface area contributed by atoms with E-state index in [1.807, 2.05) is 31.2 Å². The first-order valence-electron chi connectivity index (χ1n) is 9.04. The first kappa shape index (κ1) is 18.6. The lowest BCUT2D eigenvalue weighted by Crippen LogP contribution is -2.12. The summed E-state index contributed by atoms with van der Waals surface area (Å²) in [6.07, 6.45) is 0. The van der Waals surface area contributed by atoms with Gasteiger partial charge >= 0.3 is 0 Å². The molecule has 0 saturated carbocycles. The number of aryl methyl sites for hydroxylation is 1. The predicted octanol–water partition coefficient (Wildman–Crippen LogP) is 4.30. The van der Waals surface area contributed by atoms with E-state index in [0.717, 1.165) is 27.5 Å². The number of anilines is 1. The molecule has 0 saturated heterocycles. The minimum Gasteiger partial charge on any atom is -0.493 e. The molecule has 148 valence electrons. The molecular formula is C22H21N3O4. The Hall–Kier alpha value is -3.74. The van der Waals surface area contributed by atoms with Gasteiger partial charge in [0.05, 0.1) is 32.4 Å². The summed E-state index contributed by atoms with van der Waals surface area (Å²) in [5.41, 5.74) is 3.55. The van der Waals surface area contributed by atoms with Crippen LogP contribution in [0.3, 0.4) is 0 Å². The van der Waals surface area contributed by atoms with Gasteiger partial charge in [0, 0.05) is 34.3 Å². The van der Waals surface area contributed by atoms with Crippen molar-refractivity contribution in [3.05, 3.63) is 53.9 Å². The molecule has 2 heterocycles. The number of aromatic nitrogens is 2. The molecule has 0 atom stereocenters. The summed E-state index contributed by atoms with van der Waals surface area (Å²) in [5, 5.41) is 4.79. The summed E-state index contributed by atoms with van der Waals surface area (Å²) >= 11 is 0. The van der Waals surface area contributed by atoms with E-state index < -0.39 is 0 Å². The van der Waals surface area contributed by atoms with Crippen molar-refractivity contribution >= 4 is 33.4 Å². The molecule has 29 heavy (non-hydrogen) atoms. The van der Waals surface area contributed by atoms with Crippen molar-refractivity contribution in [1.82, 2.24) is 9.97 Å². The summed E-state index contributed by atoms with van der Waals surface area (Å²) in [4.78, 5) is 20.7. The minimum atomic E-state index is -0.323. The predicted molar refractivity (Wildman–Crippen MR) is 112 cm³/mol. The Labute approximate surface area is 167 Å². The maximum Gasteiger partial charge on any atom is 0.274 e. The van der Waals surface area contributed by atoms with Gasteiger partial charge in [-0.3, -0.25) is 4.79 Å². The zero-order chi connectivity index (χ0) is 20.5. The van der Waals surface area contributed by atoms with E-state index in [4.69, 9.17) is 14.2 Å². The maximum absolute atomic E-state index is 12.8. The fraction of sp³-hybridized carbons (Fsp3) is 0.182. The topological polar surface area (TPSA) is 85.5 Å². The van der Waals surface area contributed by atoms with Gasteiger partial charge in [-0.05, 0) is 19.1 Å². The SMILES string of the molecule is COc1cc(NC(=O)c2cc3ccc4ccc(C)[nH]c4c3n2)cc(OC)c1OC. The van der Waals surface area contributed by atoms with Crippen LogP contribution in [-0.2, 0) is 0 Å². The molecule has 0 bridgehead atoms. The van der Waals surface area contributed by atoms with E-state index in [1.54, 1.807) is 18.2 Å². The van der Waals surface area contributed by atoms with E-state index >= 15 is 0 Å². The molecule has 0 unspecified atom stereocenters. The van der Waals surface area contributed by atoms with E-state index in [0.29, 0.717) is 28.6 Å². The standard InChI is InChI=1S/C22H21N3O4/c1-12-5-6-13-7-8-14-9-16(25-20(14)19(13)23-12)22(26)24-15-10-17(27-2)21(29-4)18(11-15)28-3/h5-11,23H,1-4H3,(H,24,26). The quantitative estimate of drug-likeness (QED) is 0.530. The number of pyridine rings is 1. The smallest absolute Gasteiger partial charge is 0.274 e. The van der Waals surface area contributed by atoms with Crippen LogP contribution in [0.5, 0.6) is 17.2 Å². The second kappa shape index (κ2) is 7.35. The Morgan fingerprint density at radius 3 is 2.24 bits per heavy atom. The van der Waals surface area contributed by atoms with E-state index in [-0.39, 0.29) is 5.91 Å². The molecule has 0 aliphatic rings. The zero-order valence-electron chi connectivity index (χ0n) is 16.6. The number of amides is 1. The van der Waals surface area contributed by atoms with Crippen LogP contribution in [0.1, 0.15) is 16.2 Å². The van der Waals surface area contributed by atoms with Crippen LogP contribution in [0.2, 0.25) is 0 Å². The summed E-state index contributed by atoms with van der Waals surface area (Å²) in [7, 11) is 4.58. The Morgan fingerprint density at radius 1 is 0.931 bits per heavy atom. The normalized spacial score (nSPS) is 10.9. The number of hydrogen-bond acceptors (Lipinski definition) is 5. The van der Waals surface area contributed by atoms with E-state index in [1.165, 1.54) is 21.3 Å². The first-order chi connectivity index (χ1) is 14.0. The molecule has 4 rings (SSSR count). The number of aromatic amines is 1. The number of methoxy groups -OCH3 is 3. The molecule has 4 aromatic rings. The molecule has 0 aliphatic heterocycles. The van der Waals surface area contributed by atoms with Gasteiger partial charge in [0.1, 0.15) is 5.69 Å². The van der Waals surface area contributed by atoms with Crippen LogP contribution in [0.4, 0.5) is 5.69 Å². The highest BCUT2D eigenvalue weighted by molar-refractivity contribution is 6.10. The van der Waals surface area contributed by atoms with Crippen molar-refractivity contribution in [2.75, 3.05) is 26.6 Å². The number of carbonyl (C=O) groups is 1. The van der Waals surface area contributed by atoms with Crippen LogP contribution >= 0.6 is 0 Å². The van der Waals surface area contributed by atoms with Crippen molar-refractivity contribution in [3.63, 3.8) is 0 Å². The number of H-pyrrole nitrogens is 1. The zero-order valence-corrected chi connectivity index (χ0v) is 16.6. The number of ether oxygens (including phenoxy) is 3. The number of carbonyl (C=O) groups excluding carboxylic acids is 1. The summed E-state index contributed by atoms with van der Waals surface area (Å²) in [5.74, 6) is 1.05. The third-order valence-electron chi connectivity index (χ3n) is 4.76. The van der Waals surface area contributed by atoms with Crippen LogP contribution in [0, 0.1) is 6.92 Å². The molecule has 7 heteroatoms. The first-order valence-corrected chi connectivity index (χ1v) is 9.04. The van der Waals surface area contributed by atoms with Crippen LogP contribution in [0.25, 0.3) is 21.8 Å². The van der Waals surface area contributed by atoms with E-state index in [2.05, 4.69) is 15.3 Å². The number of rotatable bonds is 5. The third kappa shape index (κ3) is 3.31. The number of fused-ring (bicyclic) bond motifs is 3. The number of nitrogens with zero attached hydrogens (tertiary/aromatic N) is 1. The van der Waals surface area contributed by atoms with Crippen molar-refractivity contribution in [3.8, 4) is 17.2 Å². The van der Waals surface area contributed by atoms with Gasteiger partial charge in [-0.25, -0.2) is 4.98 Å². The lowest BCUT2D eigenvalue weighted by atomic mass is 10.1. The Morgan fingerprint density at radius 2 is 1.59 bits per heavy atom. The maximum atomic E-state index is 12.8. The van der Waals surface area contributed by atoms with Gasteiger partial charge < -0.3 is 24.5 Å². The largest absolute Gasteiger partial charge is 0.493 e. The molecule has 0 radical (unpaired) electrons. The van der Waals surface area contributed by atoms with Crippen molar-refractivity contribution in [2.24, 2.45) is 0 Å². The van der Waals surface area contributed by atoms with Crippen LogP contribution in [0.15, 0.2) is 42.5 Å². The molecule has 2 aromatic heterocycles. The highest BCUT2D eigenvalue weighted by atomic mass is 16.5. The average molecular weight is 391 g/mol. The van der Waals surface area contributed by atoms with Gasteiger partial charge in [0.25, 0.3) is 5.91 Å². The highest BCUT2D eigenvalue weighted by Gasteiger charge is 2.17. The van der Waals surface area contributed by atoms with Crippen molar-refractivity contribution in [1.29, 1.82) is 0 Å². The van der Waals surface area contributed by atoms with Crippen molar-refractivity contribution in [2.45, 2.75) is 6.92 Å². The highest BCUT2D eigenvalue weighted by Crippen LogP contribution is 2.40. The Bertz CT molecular complexity index is 1200. The second-order valence-electron chi connectivity index (χ2n) is 6.62. The number of hydrogen-bond donors (Lipinski definition) is 2. The lowest BCUT2D eigenvalue weighted by molar-refractivity contribution is 0.102. The molecular weight excluding hydrogens is 370 g/mol. The van der Waals surface area contributed by atoms with Crippen LogP contribution in [-0.4, -0.2) is 37.2 Å². The number of benzene rings is 2. The molecule has 0 spiro atoms. The fourth-order valence-corrected chi connectivity index (χ4v) is 3.35. The second-order valence-corrected chi connectivity index (χ2v) is 6.62. The van der Waals surface area contributed by atoms with Gasteiger partial charge in [-0.15, -0.1) is 0 Å². The van der Waals surface area contributed by atoms with Gasteiger partial charge in [0.2, 0.25) is 5.75 Å². The monoisotopic (exact) mass is 391 g/mol. The molecule has 2 N–H and O–H groups in total. The van der Waals surface area contributed by atoms with Gasteiger partial charge in [-0.2, -0.15) is 0 Å². The molecule has 0 aliphatic carbocycles. The van der Waals surface area contributed by atoms with Gasteiger partial charge in [0.15, 0.2) is 11.5 Å². The molecule has 7 nitrogen and oxygen atoms in total. The molecule has 2 aromatic carbocycles. The Kier molecular flexibility index (Phi) is 4.72. The Balaban J connectivity index is 1.71. The molecule has 1 amide bonds. The summed E-state index contributed by atoms with van der Waals surface area (Å²) < 4.78 is 16.0. The average Bonchev–Trinajstić information content (AvgIpc) is 3.18. The summed E-state index contributed by atoms with van der Waals surface area (Å²) in [6.45, 7) is 1.99. The van der Waals surface area contributed by atoms with Crippen molar-refractivity contribution < 1.29 is 19.0 Å². The minimum absolute atomic E-state index is 0.323. The van der Waals surface area contributed by atoms with E-state index in [9.17, 15) is 4.79 Å². The summed E-state index contributed by atoms with van der Waals surface area (Å²) in [6, 6.07) is 13.1. The van der Waals surface area contributed by atoms with Crippen LogP contribution < -0.4 is 19.5 Å². The molecule has 0 fully saturated rings. The fourth-order valence-electron chi connectivity index (χ4n) is 3.35. The number of nitrogens with one attached hydrogen (secondary N) is 2. The lowest BCUT2D eigenvalue weighted by Gasteiger charge is -2.14. The third-order valence-corrected chi connectivity index (χ3v) is 4.76.